The van der Waals surface area contributed by atoms with Gasteiger partial charge in [-0.3, -0.25) is 4.79 Å². The Kier molecular flexibility index (Phi) is 6.07. The smallest absolute Gasteiger partial charge is 0.268 e. The van der Waals surface area contributed by atoms with Crippen molar-refractivity contribution in [2.24, 2.45) is 0 Å². The van der Waals surface area contributed by atoms with Crippen molar-refractivity contribution in [3.8, 4) is 0 Å². The van der Waals surface area contributed by atoms with Gasteiger partial charge >= 0.3 is 0 Å². The molecule has 0 aromatic heterocycles. The van der Waals surface area contributed by atoms with Crippen molar-refractivity contribution < 1.29 is 13.2 Å². The van der Waals surface area contributed by atoms with Crippen molar-refractivity contribution in [3.63, 3.8) is 0 Å². The van der Waals surface area contributed by atoms with Crippen LogP contribution in [0, 0.1) is 6.92 Å². The van der Waals surface area contributed by atoms with Gasteiger partial charge in [-0.1, -0.05) is 48.0 Å². The predicted octanol–water partition coefficient (Wildman–Crippen LogP) is 4.55. The van der Waals surface area contributed by atoms with Gasteiger partial charge in [0, 0.05) is 24.8 Å². The van der Waals surface area contributed by atoms with Crippen LogP contribution >= 0.6 is 12.6 Å². The molecule has 0 saturated carbocycles. The number of para-hydroxylation sites is 1. The average Bonchev–Trinajstić information content (AvgIpc) is 3.07. The molecule has 0 bridgehead atoms. The van der Waals surface area contributed by atoms with Gasteiger partial charge in [-0.05, 0) is 48.9 Å². The van der Waals surface area contributed by atoms with Crippen molar-refractivity contribution in [1.29, 1.82) is 0 Å². The van der Waals surface area contributed by atoms with Crippen molar-refractivity contribution >= 4 is 39.9 Å². The number of likely N-dealkylation sites (tertiary alicyclic amines) is 1. The van der Waals surface area contributed by atoms with Gasteiger partial charge in [0.25, 0.3) is 10.0 Å². The van der Waals surface area contributed by atoms with E-state index in [9.17, 15) is 13.2 Å². The second-order valence-electron chi connectivity index (χ2n) is 7.72. The van der Waals surface area contributed by atoms with Crippen LogP contribution in [0.4, 0.5) is 11.4 Å². The van der Waals surface area contributed by atoms with Crippen LogP contribution in [0.3, 0.4) is 0 Å². The number of carbonyl (C=O) groups excluding carboxylic acids is 1. The number of nitrogens with zero attached hydrogens (tertiary/aromatic N) is 2. The quantitative estimate of drug-likeness (QED) is 0.558. The van der Waals surface area contributed by atoms with Gasteiger partial charge in [0.15, 0.2) is 0 Å². The number of hydrogen-bond acceptors (Lipinski definition) is 4. The molecule has 0 radical (unpaired) electrons. The van der Waals surface area contributed by atoms with Crippen LogP contribution in [0.2, 0.25) is 0 Å². The van der Waals surface area contributed by atoms with Crippen LogP contribution in [0.25, 0.3) is 0 Å². The van der Waals surface area contributed by atoms with Gasteiger partial charge < -0.3 is 4.90 Å². The van der Waals surface area contributed by atoms with E-state index in [0.717, 1.165) is 11.1 Å². The Hall–Kier alpha value is -2.77. The fourth-order valence-corrected chi connectivity index (χ4v) is 5.51. The standard InChI is InChI=1S/C24H24N2O3S2/c1-18-7-13-23(14-8-18)31(28,29)26(20-5-3-2-4-6-20)21-11-9-19(10-12-21)16-25-17-22(30)15-24(25)27/h2-14,22,30H,15-17H2,1H3. The lowest BCUT2D eigenvalue weighted by atomic mass is 10.2. The highest BCUT2D eigenvalue weighted by Crippen LogP contribution is 2.33. The summed E-state index contributed by atoms with van der Waals surface area (Å²) in [4.78, 5) is 14.1. The largest absolute Gasteiger partial charge is 0.337 e. The molecule has 7 heteroatoms. The molecule has 1 amide bonds. The van der Waals surface area contributed by atoms with Gasteiger partial charge in [0.1, 0.15) is 0 Å². The van der Waals surface area contributed by atoms with E-state index >= 15 is 0 Å². The zero-order valence-corrected chi connectivity index (χ0v) is 18.9. The lowest BCUT2D eigenvalue weighted by Crippen LogP contribution is -2.26. The van der Waals surface area contributed by atoms with E-state index in [1.165, 1.54) is 4.31 Å². The number of thiol groups is 1. The third kappa shape index (κ3) is 4.62. The minimum absolute atomic E-state index is 0.0694. The molecular formula is C24H24N2O3S2. The van der Waals surface area contributed by atoms with Gasteiger partial charge in [0.2, 0.25) is 5.91 Å². The maximum atomic E-state index is 13.6. The molecule has 1 aliphatic heterocycles. The van der Waals surface area contributed by atoms with E-state index in [1.807, 2.05) is 37.3 Å². The average molecular weight is 453 g/mol. The molecule has 1 unspecified atom stereocenters. The topological polar surface area (TPSA) is 57.7 Å². The van der Waals surface area contributed by atoms with Gasteiger partial charge in [-0.25, -0.2) is 12.7 Å². The van der Waals surface area contributed by atoms with E-state index in [1.54, 1.807) is 53.4 Å². The zero-order valence-electron chi connectivity index (χ0n) is 17.2. The third-order valence-corrected chi connectivity index (χ3v) is 7.40. The molecular weight excluding hydrogens is 428 g/mol. The molecule has 3 aromatic carbocycles. The molecule has 0 N–H and O–H groups in total. The second kappa shape index (κ2) is 8.77. The Balaban J connectivity index is 1.68. The Morgan fingerprint density at radius 2 is 1.55 bits per heavy atom. The highest BCUT2D eigenvalue weighted by atomic mass is 32.2. The van der Waals surface area contributed by atoms with Gasteiger partial charge in [0.05, 0.1) is 16.3 Å². The number of hydrogen-bond donors (Lipinski definition) is 1. The molecule has 0 spiro atoms. The number of anilines is 2. The Bertz CT molecular complexity index is 1160. The minimum atomic E-state index is -3.82. The molecule has 3 aromatic rings. The van der Waals surface area contributed by atoms with Crippen molar-refractivity contribution in [2.75, 3.05) is 10.8 Å². The van der Waals surface area contributed by atoms with Crippen LogP contribution in [-0.2, 0) is 21.4 Å². The van der Waals surface area contributed by atoms with Crippen LogP contribution in [0.1, 0.15) is 17.5 Å². The summed E-state index contributed by atoms with van der Waals surface area (Å²) in [7, 11) is -3.82. The summed E-state index contributed by atoms with van der Waals surface area (Å²) in [6.07, 6.45) is 0.456. The van der Waals surface area contributed by atoms with E-state index in [0.29, 0.717) is 30.9 Å². The summed E-state index contributed by atoms with van der Waals surface area (Å²) in [6, 6.07) is 23.2. The van der Waals surface area contributed by atoms with E-state index in [2.05, 4.69) is 12.6 Å². The van der Waals surface area contributed by atoms with Crippen LogP contribution < -0.4 is 4.31 Å². The van der Waals surface area contributed by atoms with Crippen molar-refractivity contribution in [2.45, 2.75) is 30.0 Å². The van der Waals surface area contributed by atoms with E-state index in [4.69, 9.17) is 0 Å². The molecule has 31 heavy (non-hydrogen) atoms. The number of amides is 1. The Morgan fingerprint density at radius 3 is 2.13 bits per heavy atom. The third-order valence-electron chi connectivity index (χ3n) is 5.29. The molecule has 160 valence electrons. The Morgan fingerprint density at radius 1 is 0.935 bits per heavy atom. The van der Waals surface area contributed by atoms with Gasteiger partial charge in [-0.2, -0.15) is 12.6 Å². The number of benzene rings is 3. The van der Waals surface area contributed by atoms with Crippen LogP contribution in [0.15, 0.2) is 83.8 Å². The normalized spacial score (nSPS) is 16.5. The number of sulfonamides is 1. The lowest BCUT2D eigenvalue weighted by molar-refractivity contribution is -0.128. The highest BCUT2D eigenvalue weighted by Gasteiger charge is 2.28. The molecule has 5 nitrogen and oxygen atoms in total. The van der Waals surface area contributed by atoms with Crippen LogP contribution in [0.5, 0.6) is 0 Å². The first-order chi connectivity index (χ1) is 14.8. The number of carbonyl (C=O) groups is 1. The summed E-state index contributed by atoms with van der Waals surface area (Å²) in [5, 5.41) is 0.0694. The molecule has 4 rings (SSSR count). The highest BCUT2D eigenvalue weighted by molar-refractivity contribution is 7.93. The predicted molar refractivity (Wildman–Crippen MR) is 126 cm³/mol. The summed E-state index contributed by atoms with van der Waals surface area (Å²) in [5.74, 6) is 0.0944. The maximum Gasteiger partial charge on any atom is 0.268 e. The molecule has 1 fully saturated rings. The van der Waals surface area contributed by atoms with Crippen molar-refractivity contribution in [3.05, 3.63) is 90.0 Å². The molecule has 1 saturated heterocycles. The van der Waals surface area contributed by atoms with Gasteiger partial charge in [-0.15, -0.1) is 0 Å². The monoisotopic (exact) mass is 452 g/mol. The van der Waals surface area contributed by atoms with Crippen LogP contribution in [-0.4, -0.2) is 31.0 Å². The molecule has 0 aliphatic carbocycles. The first-order valence-corrected chi connectivity index (χ1v) is 12.0. The molecule has 1 atom stereocenters. The first kappa shape index (κ1) is 21.5. The zero-order chi connectivity index (χ0) is 22.0. The summed E-state index contributed by atoms with van der Waals surface area (Å²) in [5.41, 5.74) is 3.04. The fraction of sp³-hybridized carbons (Fsp3) is 0.208. The van der Waals surface area contributed by atoms with E-state index in [-0.39, 0.29) is 16.1 Å². The van der Waals surface area contributed by atoms with Crippen molar-refractivity contribution in [1.82, 2.24) is 4.90 Å². The SMILES string of the molecule is Cc1ccc(S(=O)(=O)N(c2ccccc2)c2ccc(CN3CC(S)CC3=O)cc2)cc1. The molecule has 1 aliphatic rings. The number of aryl methyl sites for hydroxylation is 1. The fourth-order valence-electron chi connectivity index (χ4n) is 3.67. The minimum Gasteiger partial charge on any atom is -0.337 e. The summed E-state index contributed by atoms with van der Waals surface area (Å²) in [6.45, 7) is 3.04. The maximum absolute atomic E-state index is 13.6. The lowest BCUT2D eigenvalue weighted by Gasteiger charge is -2.25. The summed E-state index contributed by atoms with van der Waals surface area (Å²) >= 11 is 4.40. The summed E-state index contributed by atoms with van der Waals surface area (Å²) < 4.78 is 28.5. The Labute approximate surface area is 188 Å². The first-order valence-electron chi connectivity index (χ1n) is 10.1. The van der Waals surface area contributed by atoms with E-state index < -0.39 is 10.0 Å². The second-order valence-corrected chi connectivity index (χ2v) is 10.2. The molecule has 1 heterocycles. The number of rotatable bonds is 6.